The molecule has 0 saturated carbocycles. The summed E-state index contributed by atoms with van der Waals surface area (Å²) in [6, 6.07) is 0.178. The number of hydrogen-bond donors (Lipinski definition) is 2. The predicted molar refractivity (Wildman–Crippen MR) is 110 cm³/mol. The summed E-state index contributed by atoms with van der Waals surface area (Å²) in [6.45, 7) is 12.0. The first kappa shape index (κ1) is 22.3. The molecule has 2 rings (SSSR count). The first-order chi connectivity index (χ1) is 13.3. The molecular formula is C20H37N5O3. The second-order valence-electron chi connectivity index (χ2n) is 8.53. The van der Waals surface area contributed by atoms with Gasteiger partial charge in [-0.3, -0.25) is 9.79 Å². The minimum atomic E-state index is -0.471. The molecule has 0 aliphatic carbocycles. The summed E-state index contributed by atoms with van der Waals surface area (Å²) in [5.41, 5.74) is -0.471. The van der Waals surface area contributed by atoms with E-state index in [1.54, 1.807) is 4.90 Å². The highest BCUT2D eigenvalue weighted by Crippen LogP contribution is 2.15. The van der Waals surface area contributed by atoms with E-state index in [1.165, 1.54) is 0 Å². The number of rotatable bonds is 6. The van der Waals surface area contributed by atoms with Gasteiger partial charge in [0.2, 0.25) is 5.91 Å². The van der Waals surface area contributed by atoms with Crippen LogP contribution in [0.15, 0.2) is 4.99 Å². The van der Waals surface area contributed by atoms with Gasteiger partial charge in [-0.15, -0.1) is 0 Å². The third kappa shape index (κ3) is 7.56. The molecule has 2 aliphatic rings. The summed E-state index contributed by atoms with van der Waals surface area (Å²) in [5.74, 6) is 1.04. The average molecular weight is 396 g/mol. The van der Waals surface area contributed by atoms with Crippen LogP contribution < -0.4 is 10.6 Å². The lowest BCUT2D eigenvalue weighted by Crippen LogP contribution is -2.63. The fourth-order valence-corrected chi connectivity index (χ4v) is 3.29. The Morgan fingerprint density at radius 2 is 2.00 bits per heavy atom. The monoisotopic (exact) mass is 395 g/mol. The minimum Gasteiger partial charge on any atom is -0.444 e. The van der Waals surface area contributed by atoms with Crippen LogP contribution in [0.2, 0.25) is 0 Å². The second kappa shape index (κ2) is 10.5. The molecule has 8 nitrogen and oxygen atoms in total. The van der Waals surface area contributed by atoms with E-state index in [1.807, 2.05) is 32.6 Å². The molecule has 2 N–H and O–H groups in total. The van der Waals surface area contributed by atoms with Crippen LogP contribution in [0.1, 0.15) is 59.8 Å². The fourth-order valence-electron chi connectivity index (χ4n) is 3.29. The van der Waals surface area contributed by atoms with Gasteiger partial charge in [-0.25, -0.2) is 4.79 Å². The Hall–Kier alpha value is -1.99. The largest absolute Gasteiger partial charge is 0.444 e. The zero-order chi connectivity index (χ0) is 20.6. The number of carbonyl (C=O) groups is 2. The van der Waals surface area contributed by atoms with Gasteiger partial charge in [-0.05, 0) is 47.0 Å². The van der Waals surface area contributed by atoms with Gasteiger partial charge in [-0.2, -0.15) is 0 Å². The second-order valence-corrected chi connectivity index (χ2v) is 8.53. The smallest absolute Gasteiger partial charge is 0.410 e. The molecule has 160 valence electrons. The molecule has 0 unspecified atom stereocenters. The van der Waals surface area contributed by atoms with Crippen molar-refractivity contribution in [1.82, 2.24) is 20.4 Å². The third-order valence-electron chi connectivity index (χ3n) is 4.75. The number of ether oxygens (including phenoxy) is 1. The Balaban J connectivity index is 1.71. The van der Waals surface area contributed by atoms with Crippen LogP contribution >= 0.6 is 0 Å². The summed E-state index contributed by atoms with van der Waals surface area (Å²) in [7, 11) is 0. The molecule has 2 amide bonds. The summed E-state index contributed by atoms with van der Waals surface area (Å²) in [6.07, 6.45) is 4.55. The van der Waals surface area contributed by atoms with Crippen molar-refractivity contribution in [2.24, 2.45) is 4.99 Å². The van der Waals surface area contributed by atoms with E-state index >= 15 is 0 Å². The zero-order valence-electron chi connectivity index (χ0n) is 17.9. The molecule has 8 heteroatoms. The normalized spacial score (nSPS) is 19.1. The lowest BCUT2D eigenvalue weighted by atomic mass is 10.1. The molecule has 2 aliphatic heterocycles. The highest BCUT2D eigenvalue weighted by molar-refractivity contribution is 5.80. The number of nitrogens with zero attached hydrogens (tertiary/aromatic N) is 3. The molecule has 0 bridgehead atoms. The Kier molecular flexibility index (Phi) is 8.38. The maximum atomic E-state index is 12.0. The Morgan fingerprint density at radius 1 is 1.25 bits per heavy atom. The highest BCUT2D eigenvalue weighted by Gasteiger charge is 2.34. The summed E-state index contributed by atoms with van der Waals surface area (Å²) in [5, 5.41) is 6.61. The maximum absolute atomic E-state index is 12.0. The van der Waals surface area contributed by atoms with Crippen molar-refractivity contribution in [2.45, 2.75) is 71.4 Å². The van der Waals surface area contributed by atoms with Crippen LogP contribution in [0.5, 0.6) is 0 Å². The van der Waals surface area contributed by atoms with Crippen LogP contribution in [0.25, 0.3) is 0 Å². The van der Waals surface area contributed by atoms with E-state index in [2.05, 4.69) is 15.6 Å². The number of aliphatic imine (C=N–C) groups is 1. The van der Waals surface area contributed by atoms with E-state index in [0.29, 0.717) is 26.1 Å². The van der Waals surface area contributed by atoms with E-state index in [0.717, 1.165) is 51.3 Å². The van der Waals surface area contributed by atoms with Crippen molar-refractivity contribution in [3.8, 4) is 0 Å². The Labute approximate surface area is 169 Å². The molecule has 0 spiro atoms. The van der Waals surface area contributed by atoms with E-state index < -0.39 is 5.60 Å². The molecule has 2 heterocycles. The van der Waals surface area contributed by atoms with Crippen molar-refractivity contribution in [2.75, 3.05) is 39.3 Å². The van der Waals surface area contributed by atoms with Crippen molar-refractivity contribution in [3.63, 3.8) is 0 Å². The number of nitrogens with one attached hydrogen (secondary N) is 2. The highest BCUT2D eigenvalue weighted by atomic mass is 16.6. The van der Waals surface area contributed by atoms with Crippen molar-refractivity contribution >= 4 is 18.0 Å². The lowest BCUT2D eigenvalue weighted by Gasteiger charge is -2.40. The summed E-state index contributed by atoms with van der Waals surface area (Å²) >= 11 is 0. The SMILES string of the molecule is CCNC(=NCCCN1CCCCCC1=O)NC1CN(C(=O)OC(C)(C)C)C1. The van der Waals surface area contributed by atoms with Crippen molar-refractivity contribution in [1.29, 1.82) is 0 Å². The Morgan fingerprint density at radius 3 is 2.68 bits per heavy atom. The fraction of sp³-hybridized carbons (Fsp3) is 0.850. The van der Waals surface area contributed by atoms with Gasteiger partial charge < -0.3 is 25.2 Å². The molecule has 2 fully saturated rings. The molecule has 0 aromatic carbocycles. The van der Waals surface area contributed by atoms with Crippen molar-refractivity contribution < 1.29 is 14.3 Å². The van der Waals surface area contributed by atoms with E-state index in [9.17, 15) is 9.59 Å². The number of hydrogen-bond acceptors (Lipinski definition) is 4. The van der Waals surface area contributed by atoms with Gasteiger partial charge in [0.05, 0.1) is 6.04 Å². The quantitative estimate of drug-likeness (QED) is 0.408. The number of likely N-dealkylation sites (tertiary alicyclic amines) is 2. The predicted octanol–water partition coefficient (Wildman–Crippen LogP) is 1.95. The number of carbonyl (C=O) groups excluding carboxylic acids is 2. The average Bonchev–Trinajstić information content (AvgIpc) is 2.77. The zero-order valence-corrected chi connectivity index (χ0v) is 17.9. The van der Waals surface area contributed by atoms with Gasteiger partial charge in [0, 0.05) is 45.7 Å². The molecule has 0 aromatic heterocycles. The van der Waals surface area contributed by atoms with Crippen LogP contribution in [0.4, 0.5) is 4.79 Å². The summed E-state index contributed by atoms with van der Waals surface area (Å²) < 4.78 is 5.38. The van der Waals surface area contributed by atoms with Crippen molar-refractivity contribution in [3.05, 3.63) is 0 Å². The first-order valence-corrected chi connectivity index (χ1v) is 10.6. The summed E-state index contributed by atoms with van der Waals surface area (Å²) in [4.78, 5) is 32.3. The molecule has 0 atom stereocenters. The standard InChI is InChI=1S/C20H37N5O3/c1-5-21-18(22-11-9-13-24-12-8-6-7-10-17(24)26)23-16-14-25(15-16)19(27)28-20(2,3)4/h16H,5-15H2,1-4H3,(H2,21,22,23). The molecule has 0 radical (unpaired) electrons. The van der Waals surface area contributed by atoms with Crippen LogP contribution in [-0.4, -0.2) is 78.7 Å². The topological polar surface area (TPSA) is 86.3 Å². The maximum Gasteiger partial charge on any atom is 0.410 e. The molecule has 0 aromatic rings. The first-order valence-electron chi connectivity index (χ1n) is 10.6. The van der Waals surface area contributed by atoms with E-state index in [4.69, 9.17) is 4.74 Å². The molecule has 28 heavy (non-hydrogen) atoms. The molecule has 2 saturated heterocycles. The molecular weight excluding hydrogens is 358 g/mol. The van der Waals surface area contributed by atoms with Gasteiger partial charge >= 0.3 is 6.09 Å². The van der Waals surface area contributed by atoms with Gasteiger partial charge in [0.1, 0.15) is 5.60 Å². The van der Waals surface area contributed by atoms with Gasteiger partial charge in [0.15, 0.2) is 5.96 Å². The number of amides is 2. The van der Waals surface area contributed by atoms with Crippen LogP contribution in [0, 0.1) is 0 Å². The van der Waals surface area contributed by atoms with E-state index in [-0.39, 0.29) is 18.0 Å². The lowest BCUT2D eigenvalue weighted by molar-refractivity contribution is -0.130. The van der Waals surface area contributed by atoms with Gasteiger partial charge in [0.25, 0.3) is 0 Å². The minimum absolute atomic E-state index is 0.178. The van der Waals surface area contributed by atoms with Gasteiger partial charge in [-0.1, -0.05) is 6.42 Å². The van der Waals surface area contributed by atoms with Crippen LogP contribution in [-0.2, 0) is 9.53 Å². The van der Waals surface area contributed by atoms with Crippen LogP contribution in [0.3, 0.4) is 0 Å². The third-order valence-corrected chi connectivity index (χ3v) is 4.75. The Bertz CT molecular complexity index is 553. The number of guanidine groups is 1.